The number of hydrogen-bond acceptors (Lipinski definition) is 4. The number of rotatable bonds is 3. The molecule has 2 aromatic rings. The highest BCUT2D eigenvalue weighted by molar-refractivity contribution is 7.94. The molecule has 0 heterocycles. The average Bonchev–Trinajstić information content (AvgIpc) is 2.97. The Balaban J connectivity index is 1.95. The summed E-state index contributed by atoms with van der Waals surface area (Å²) in [7, 11) is 0. The number of hydrogen-bond donors (Lipinski definition) is 1. The summed E-state index contributed by atoms with van der Waals surface area (Å²) >= 11 is -0.884. The summed E-state index contributed by atoms with van der Waals surface area (Å²) < 4.78 is 112. The predicted molar refractivity (Wildman–Crippen MR) is 87.1 cm³/mol. The Morgan fingerprint density at radius 3 is 2.41 bits per heavy atom. The van der Waals surface area contributed by atoms with Crippen LogP contribution in [0.25, 0.3) is 0 Å². The molecule has 3 nitrogen and oxygen atoms in total. The Bertz CT molecular complexity index is 1070. The minimum absolute atomic E-state index is 0.184. The van der Waals surface area contributed by atoms with Crippen LogP contribution in [0.4, 0.5) is 30.7 Å². The first-order chi connectivity index (χ1) is 13.5. The topological polar surface area (TPSA) is 53.2 Å². The quantitative estimate of drug-likeness (QED) is 0.475. The molecule has 1 N–H and O–H groups in total. The highest BCUT2D eigenvalue weighted by Gasteiger charge is 2.83. The van der Waals surface area contributed by atoms with Crippen molar-refractivity contribution in [2.45, 2.75) is 28.9 Å². The van der Waals surface area contributed by atoms with Crippen LogP contribution >= 0.6 is 12.0 Å². The molecule has 0 aromatic heterocycles. The number of alkyl halides is 6. The molecule has 0 radical (unpaired) electrons. The zero-order valence-corrected chi connectivity index (χ0v) is 14.7. The Kier molecular flexibility index (Phi) is 4.12. The van der Waals surface area contributed by atoms with Gasteiger partial charge in [-0.05, 0) is 29.8 Å². The summed E-state index contributed by atoms with van der Waals surface area (Å²) in [6, 6.07) is 5.58. The van der Waals surface area contributed by atoms with E-state index in [1.807, 2.05) is 0 Å². The molecule has 0 bridgehead atoms. The van der Waals surface area contributed by atoms with E-state index < -0.39 is 69.2 Å². The Morgan fingerprint density at radius 2 is 1.79 bits per heavy atom. The van der Waals surface area contributed by atoms with E-state index >= 15 is 0 Å². The van der Waals surface area contributed by atoms with Gasteiger partial charge in [0.15, 0.2) is 17.1 Å². The van der Waals surface area contributed by atoms with E-state index in [1.165, 1.54) is 0 Å². The highest BCUT2D eigenvalue weighted by atomic mass is 32.2. The number of benzene rings is 2. The van der Waals surface area contributed by atoms with Crippen LogP contribution in [0.15, 0.2) is 30.3 Å². The zero-order valence-electron chi connectivity index (χ0n) is 13.9. The Labute approximate surface area is 162 Å². The lowest BCUT2D eigenvalue weighted by Gasteiger charge is -2.33. The number of nitrogens with zero attached hydrogens (tertiary/aromatic N) is 1. The third-order valence-electron chi connectivity index (χ3n) is 5.07. The molecular formula is C18H8F7NO2S. The van der Waals surface area contributed by atoms with Crippen molar-refractivity contribution in [3.8, 4) is 17.6 Å². The molecule has 0 unspecified atom stereocenters. The molecule has 152 valence electrons. The van der Waals surface area contributed by atoms with Crippen LogP contribution in [0.3, 0.4) is 0 Å². The van der Waals surface area contributed by atoms with Gasteiger partial charge < -0.3 is 9.29 Å². The van der Waals surface area contributed by atoms with Gasteiger partial charge in [0.1, 0.15) is 17.3 Å². The Hall–Kier alpha value is -2.45. The normalized spacial score (nSPS) is 28.1. The van der Waals surface area contributed by atoms with Crippen LogP contribution in [0, 0.1) is 17.1 Å². The molecule has 3 atom stereocenters. The molecule has 2 aromatic carbocycles. The second-order valence-corrected chi connectivity index (χ2v) is 7.40. The smallest absolute Gasteiger partial charge is 0.338 e. The molecule has 0 aliphatic heterocycles. The molecule has 4 rings (SSSR count). The second-order valence-electron chi connectivity index (χ2n) is 6.57. The fourth-order valence-electron chi connectivity index (χ4n) is 3.81. The van der Waals surface area contributed by atoms with Crippen molar-refractivity contribution >= 4 is 12.0 Å². The maximum atomic E-state index is 14.7. The molecular weight excluding hydrogens is 427 g/mol. The first-order valence-electron chi connectivity index (χ1n) is 7.95. The van der Waals surface area contributed by atoms with Crippen LogP contribution in [-0.4, -0.2) is 16.6 Å². The molecule has 2 aliphatic carbocycles. The second kappa shape index (κ2) is 6.03. The molecule has 0 saturated carbocycles. The summed E-state index contributed by atoms with van der Waals surface area (Å²) in [6.07, 6.45) is -6.02. The molecule has 0 fully saturated rings. The summed E-state index contributed by atoms with van der Waals surface area (Å²) in [5.41, 5.74) is -3.52. The lowest BCUT2D eigenvalue weighted by atomic mass is 9.97. The summed E-state index contributed by atoms with van der Waals surface area (Å²) in [6.45, 7) is 0. The van der Waals surface area contributed by atoms with Crippen molar-refractivity contribution in [2.75, 3.05) is 0 Å². The van der Waals surface area contributed by atoms with Gasteiger partial charge in [0.05, 0.1) is 11.6 Å². The fraction of sp³-hybridized carbons (Fsp3) is 0.278. The van der Waals surface area contributed by atoms with Crippen LogP contribution in [0.2, 0.25) is 0 Å². The van der Waals surface area contributed by atoms with Crippen molar-refractivity contribution < 1.29 is 40.0 Å². The van der Waals surface area contributed by atoms with Crippen molar-refractivity contribution in [2.24, 2.45) is 0 Å². The van der Waals surface area contributed by atoms with Gasteiger partial charge in [0.2, 0.25) is 0 Å². The molecule has 2 aliphatic rings. The molecule has 29 heavy (non-hydrogen) atoms. The van der Waals surface area contributed by atoms with Crippen molar-refractivity contribution in [1.29, 1.82) is 5.26 Å². The van der Waals surface area contributed by atoms with E-state index in [4.69, 9.17) is 10.00 Å². The number of nitriles is 1. The predicted octanol–water partition coefficient (Wildman–Crippen LogP) is 5.99. The third-order valence-corrected chi connectivity index (χ3v) is 6.04. The van der Waals surface area contributed by atoms with E-state index in [-0.39, 0.29) is 11.3 Å². The van der Waals surface area contributed by atoms with Crippen LogP contribution in [0.1, 0.15) is 28.4 Å². The van der Waals surface area contributed by atoms with Crippen LogP contribution < -0.4 is 4.74 Å². The summed E-state index contributed by atoms with van der Waals surface area (Å²) in [5.74, 6) is -11.9. The molecule has 11 heteroatoms. The lowest BCUT2D eigenvalue weighted by molar-refractivity contribution is -0.231. The van der Waals surface area contributed by atoms with Gasteiger partial charge in [-0.25, -0.2) is 13.2 Å². The highest BCUT2D eigenvalue weighted by Crippen LogP contribution is 2.73. The van der Waals surface area contributed by atoms with E-state index in [9.17, 15) is 35.3 Å². The van der Waals surface area contributed by atoms with Gasteiger partial charge in [0, 0.05) is 29.2 Å². The summed E-state index contributed by atoms with van der Waals surface area (Å²) in [4.78, 5) is 0. The van der Waals surface area contributed by atoms with Crippen molar-refractivity contribution in [1.82, 2.24) is 0 Å². The van der Waals surface area contributed by atoms with Gasteiger partial charge >= 0.3 is 11.8 Å². The SMILES string of the molecule is N#Cc1cc(F)cc(Oc2ccc3c4c2[C@H](F)[C@@H](F)[C@]4(SO)C(F)(F)C3(F)F)c1. The van der Waals surface area contributed by atoms with Gasteiger partial charge in [-0.2, -0.15) is 22.8 Å². The minimum atomic E-state index is -5.14. The first kappa shape index (κ1) is 19.8. The van der Waals surface area contributed by atoms with Gasteiger partial charge in [-0.1, -0.05) is 0 Å². The Morgan fingerprint density at radius 1 is 1.10 bits per heavy atom. The minimum Gasteiger partial charge on any atom is -0.457 e. The molecule has 0 saturated heterocycles. The number of ether oxygens (including phenoxy) is 1. The fourth-order valence-corrected chi connectivity index (χ4v) is 4.59. The van der Waals surface area contributed by atoms with Crippen molar-refractivity contribution in [3.05, 3.63) is 58.4 Å². The van der Waals surface area contributed by atoms with Crippen molar-refractivity contribution in [3.63, 3.8) is 0 Å². The lowest BCUT2D eigenvalue weighted by Crippen LogP contribution is -2.51. The zero-order chi connectivity index (χ0) is 21.4. The van der Waals surface area contributed by atoms with Crippen LogP contribution in [0.5, 0.6) is 11.5 Å². The van der Waals surface area contributed by atoms with E-state index in [2.05, 4.69) is 0 Å². The van der Waals surface area contributed by atoms with E-state index in [0.29, 0.717) is 6.07 Å². The van der Waals surface area contributed by atoms with Gasteiger partial charge in [0.25, 0.3) is 0 Å². The van der Waals surface area contributed by atoms with Gasteiger partial charge in [-0.15, -0.1) is 0 Å². The maximum Gasteiger partial charge on any atom is 0.338 e. The monoisotopic (exact) mass is 435 g/mol. The number of halogens is 7. The molecule has 0 amide bonds. The third kappa shape index (κ3) is 2.24. The average molecular weight is 435 g/mol. The van der Waals surface area contributed by atoms with E-state index in [0.717, 1.165) is 24.3 Å². The van der Waals surface area contributed by atoms with E-state index in [1.54, 1.807) is 6.07 Å². The molecule has 0 spiro atoms. The maximum absolute atomic E-state index is 14.7. The van der Waals surface area contributed by atoms with Crippen LogP contribution in [-0.2, 0) is 10.7 Å². The largest absolute Gasteiger partial charge is 0.457 e. The first-order valence-corrected chi connectivity index (χ1v) is 8.73. The standard InChI is InChI=1S/C18H8F7NO2S/c19-8-3-7(6-26)4-9(5-8)28-11-2-1-10-13-12(11)14(20)15(21)16(13,29-27)18(24,25)17(10,22)23/h1-5,14-15,27H/t14-,15+,16-/m0/s1. The summed E-state index contributed by atoms with van der Waals surface area (Å²) in [5, 5.41) is 8.87. The van der Waals surface area contributed by atoms with Gasteiger partial charge in [-0.3, -0.25) is 0 Å².